The van der Waals surface area contributed by atoms with Crippen molar-refractivity contribution in [1.29, 1.82) is 0 Å². The van der Waals surface area contributed by atoms with Crippen LogP contribution in [-0.4, -0.2) is 21.7 Å². The summed E-state index contributed by atoms with van der Waals surface area (Å²) < 4.78 is 26.3. The van der Waals surface area contributed by atoms with Crippen LogP contribution in [0.2, 0.25) is 0 Å². The van der Waals surface area contributed by atoms with E-state index in [0.29, 0.717) is 18.5 Å². The van der Waals surface area contributed by atoms with Gasteiger partial charge in [-0.2, -0.15) is 5.10 Å². The van der Waals surface area contributed by atoms with Crippen molar-refractivity contribution in [3.8, 4) is 0 Å². The zero-order valence-electron chi connectivity index (χ0n) is 9.95. The van der Waals surface area contributed by atoms with Gasteiger partial charge in [-0.3, -0.25) is 5.10 Å². The quantitative estimate of drug-likeness (QED) is 0.855. The molecule has 1 aromatic heterocycles. The molecule has 4 nitrogen and oxygen atoms in total. The van der Waals surface area contributed by atoms with Gasteiger partial charge in [-0.05, 0) is 13.0 Å². The molecule has 1 aromatic carbocycles. The first-order chi connectivity index (χ1) is 8.66. The van der Waals surface area contributed by atoms with Gasteiger partial charge in [0.05, 0.1) is 0 Å². The van der Waals surface area contributed by atoms with Gasteiger partial charge in [0, 0.05) is 30.6 Å². The van der Waals surface area contributed by atoms with Gasteiger partial charge in [-0.15, -0.1) is 0 Å². The minimum atomic E-state index is -0.565. The molecule has 2 N–H and O–H groups in total. The number of hydrogen-bond acceptors (Lipinski definition) is 3. The lowest BCUT2D eigenvalue weighted by Gasteiger charge is -2.14. The second kappa shape index (κ2) is 5.68. The average molecular weight is 252 g/mol. The molecule has 0 saturated carbocycles. The maximum absolute atomic E-state index is 13.5. The Kier molecular flexibility index (Phi) is 3.99. The second-order valence-corrected chi connectivity index (χ2v) is 4.02. The van der Waals surface area contributed by atoms with Gasteiger partial charge in [-0.25, -0.2) is 13.8 Å². The minimum Gasteiger partial charge on any atom is -0.310 e. The third-order valence-electron chi connectivity index (χ3n) is 2.71. The van der Waals surface area contributed by atoms with Crippen LogP contribution in [0.5, 0.6) is 0 Å². The molecule has 0 radical (unpaired) electrons. The molecular weight excluding hydrogens is 238 g/mol. The van der Waals surface area contributed by atoms with Crippen molar-refractivity contribution >= 4 is 0 Å². The summed E-state index contributed by atoms with van der Waals surface area (Å²) in [5.74, 6) is -0.325. The first kappa shape index (κ1) is 12.6. The van der Waals surface area contributed by atoms with Gasteiger partial charge in [0.15, 0.2) is 0 Å². The first-order valence-electron chi connectivity index (χ1n) is 5.69. The highest BCUT2D eigenvalue weighted by atomic mass is 19.1. The van der Waals surface area contributed by atoms with Crippen molar-refractivity contribution in [3.05, 3.63) is 47.5 Å². The van der Waals surface area contributed by atoms with E-state index in [9.17, 15) is 8.78 Å². The van der Waals surface area contributed by atoms with Crippen molar-refractivity contribution in [2.24, 2.45) is 0 Å². The Labute approximate surface area is 103 Å². The van der Waals surface area contributed by atoms with Crippen molar-refractivity contribution in [3.63, 3.8) is 0 Å². The van der Waals surface area contributed by atoms with Gasteiger partial charge in [0.1, 0.15) is 23.8 Å². The fourth-order valence-electron chi connectivity index (χ4n) is 1.72. The van der Waals surface area contributed by atoms with Crippen LogP contribution >= 0.6 is 0 Å². The van der Waals surface area contributed by atoms with Crippen LogP contribution < -0.4 is 5.32 Å². The predicted octanol–water partition coefficient (Wildman–Crippen LogP) is 1.98. The molecule has 2 aromatic rings. The molecule has 1 heterocycles. The number of H-pyrrole nitrogens is 1. The highest BCUT2D eigenvalue weighted by Crippen LogP contribution is 2.17. The fraction of sp³-hybridized carbons (Fsp3) is 0.333. The third-order valence-corrected chi connectivity index (χ3v) is 2.71. The van der Waals surface area contributed by atoms with E-state index in [2.05, 4.69) is 20.5 Å². The number of nitrogens with zero attached hydrogens (tertiary/aromatic N) is 2. The summed E-state index contributed by atoms with van der Waals surface area (Å²) in [4.78, 5) is 3.98. The van der Waals surface area contributed by atoms with E-state index in [1.54, 1.807) is 0 Å². The largest absolute Gasteiger partial charge is 0.310 e. The fourth-order valence-corrected chi connectivity index (χ4v) is 1.72. The van der Waals surface area contributed by atoms with Gasteiger partial charge in [-0.1, -0.05) is 6.07 Å². The van der Waals surface area contributed by atoms with Gasteiger partial charge >= 0.3 is 0 Å². The SMILES string of the molecule is CC(NCCc1ncn[nH]1)c1ccc(F)cc1F. The summed E-state index contributed by atoms with van der Waals surface area (Å²) in [6.07, 6.45) is 2.12. The van der Waals surface area contributed by atoms with E-state index in [-0.39, 0.29) is 6.04 Å². The Morgan fingerprint density at radius 1 is 1.39 bits per heavy atom. The Morgan fingerprint density at radius 2 is 2.22 bits per heavy atom. The molecule has 6 heteroatoms. The number of benzene rings is 1. The molecule has 1 atom stereocenters. The lowest BCUT2D eigenvalue weighted by atomic mass is 10.1. The average Bonchev–Trinajstić information content (AvgIpc) is 2.81. The Morgan fingerprint density at radius 3 is 2.89 bits per heavy atom. The van der Waals surface area contributed by atoms with E-state index in [1.165, 1.54) is 18.5 Å². The molecular formula is C12H14F2N4. The molecule has 0 saturated heterocycles. The third kappa shape index (κ3) is 3.10. The molecule has 96 valence electrons. The molecule has 2 rings (SSSR count). The highest BCUT2D eigenvalue weighted by Gasteiger charge is 2.11. The Bertz CT molecular complexity index is 499. The molecule has 0 aliphatic carbocycles. The van der Waals surface area contributed by atoms with Crippen LogP contribution in [0.4, 0.5) is 8.78 Å². The number of aromatic nitrogens is 3. The number of rotatable bonds is 5. The normalized spacial score (nSPS) is 12.6. The minimum absolute atomic E-state index is 0.187. The van der Waals surface area contributed by atoms with Crippen molar-refractivity contribution in [2.75, 3.05) is 6.54 Å². The standard InChI is InChI=1S/C12H14F2N4/c1-8(10-3-2-9(13)6-11(10)14)15-5-4-12-16-7-17-18-12/h2-3,6-8,15H,4-5H2,1H3,(H,16,17,18). The smallest absolute Gasteiger partial charge is 0.137 e. The summed E-state index contributed by atoms with van der Waals surface area (Å²) in [6.45, 7) is 2.46. The van der Waals surface area contributed by atoms with Crippen LogP contribution in [0.1, 0.15) is 24.4 Å². The van der Waals surface area contributed by atoms with Crippen molar-refractivity contribution in [2.45, 2.75) is 19.4 Å². The molecule has 0 bridgehead atoms. The maximum atomic E-state index is 13.5. The lowest BCUT2D eigenvalue weighted by Crippen LogP contribution is -2.22. The predicted molar refractivity (Wildman–Crippen MR) is 62.9 cm³/mol. The van der Waals surface area contributed by atoms with Gasteiger partial charge < -0.3 is 5.32 Å². The highest BCUT2D eigenvalue weighted by molar-refractivity contribution is 5.21. The maximum Gasteiger partial charge on any atom is 0.137 e. The van der Waals surface area contributed by atoms with E-state index >= 15 is 0 Å². The summed E-state index contributed by atoms with van der Waals surface area (Å²) in [5.41, 5.74) is 0.453. The molecule has 18 heavy (non-hydrogen) atoms. The van der Waals surface area contributed by atoms with E-state index in [1.807, 2.05) is 6.92 Å². The number of aromatic amines is 1. The van der Waals surface area contributed by atoms with Gasteiger partial charge in [0.2, 0.25) is 0 Å². The summed E-state index contributed by atoms with van der Waals surface area (Å²) in [5, 5.41) is 9.63. The van der Waals surface area contributed by atoms with Crippen molar-refractivity contribution in [1.82, 2.24) is 20.5 Å². The number of nitrogens with one attached hydrogen (secondary N) is 2. The number of hydrogen-bond donors (Lipinski definition) is 2. The van der Waals surface area contributed by atoms with Crippen LogP contribution in [0, 0.1) is 11.6 Å². The van der Waals surface area contributed by atoms with E-state index in [0.717, 1.165) is 11.9 Å². The lowest BCUT2D eigenvalue weighted by molar-refractivity contribution is 0.518. The van der Waals surface area contributed by atoms with Crippen LogP contribution in [0.25, 0.3) is 0 Å². The topological polar surface area (TPSA) is 53.6 Å². The van der Waals surface area contributed by atoms with E-state index < -0.39 is 11.6 Å². The monoisotopic (exact) mass is 252 g/mol. The molecule has 0 aliphatic rings. The summed E-state index contributed by atoms with van der Waals surface area (Å²) in [7, 11) is 0. The van der Waals surface area contributed by atoms with Crippen LogP contribution in [-0.2, 0) is 6.42 Å². The van der Waals surface area contributed by atoms with Crippen molar-refractivity contribution < 1.29 is 8.78 Å². The van der Waals surface area contributed by atoms with Crippen LogP contribution in [0.3, 0.4) is 0 Å². The van der Waals surface area contributed by atoms with Gasteiger partial charge in [0.25, 0.3) is 0 Å². The molecule has 0 spiro atoms. The van der Waals surface area contributed by atoms with E-state index in [4.69, 9.17) is 0 Å². The second-order valence-electron chi connectivity index (χ2n) is 4.02. The zero-order chi connectivity index (χ0) is 13.0. The molecule has 0 fully saturated rings. The zero-order valence-corrected chi connectivity index (χ0v) is 9.95. The molecule has 0 amide bonds. The number of halogens is 2. The first-order valence-corrected chi connectivity index (χ1v) is 5.69. The Hall–Kier alpha value is -1.82. The summed E-state index contributed by atoms with van der Waals surface area (Å²) in [6, 6.07) is 3.42. The molecule has 1 unspecified atom stereocenters. The molecule has 0 aliphatic heterocycles. The Balaban J connectivity index is 1.89. The summed E-state index contributed by atoms with van der Waals surface area (Å²) >= 11 is 0. The van der Waals surface area contributed by atoms with Crippen LogP contribution in [0.15, 0.2) is 24.5 Å².